The summed E-state index contributed by atoms with van der Waals surface area (Å²) in [6.07, 6.45) is 1.95. The fraction of sp³-hybridized carbons (Fsp3) is 0.0690. The third-order valence-electron chi connectivity index (χ3n) is 5.62. The fourth-order valence-corrected chi connectivity index (χ4v) is 3.88. The van der Waals surface area contributed by atoms with Gasteiger partial charge in [0.05, 0.1) is 5.69 Å². The van der Waals surface area contributed by atoms with Crippen LogP contribution in [-0.4, -0.2) is 4.98 Å². The molecule has 0 N–H and O–H groups in total. The van der Waals surface area contributed by atoms with Crippen molar-refractivity contribution in [3.63, 3.8) is 0 Å². The molecule has 0 saturated heterocycles. The second-order valence-electron chi connectivity index (χ2n) is 7.97. The molecule has 5 rings (SSSR count). The molecule has 4 aromatic carbocycles. The highest BCUT2D eigenvalue weighted by atomic mass is 15.1. The quantitative estimate of drug-likeness (QED) is 0.304. The largest absolute Gasteiger partial charge is 0.310 e. The molecule has 5 aromatic rings. The highest BCUT2D eigenvalue weighted by molar-refractivity contribution is 5.86. The van der Waals surface area contributed by atoms with E-state index in [-0.39, 0.29) is 0 Å². The van der Waals surface area contributed by atoms with Crippen LogP contribution >= 0.6 is 0 Å². The topological polar surface area (TPSA) is 16.1 Å². The molecule has 0 aliphatic rings. The molecule has 0 aliphatic heterocycles. The SMILES string of the molecule is Cc1ccc(N(c2ccc(C)cc2)c2cccc(-c3cc4ccccc4cn3)c2)cc1. The highest BCUT2D eigenvalue weighted by Crippen LogP contribution is 2.36. The average molecular weight is 401 g/mol. The molecule has 0 spiro atoms. The average Bonchev–Trinajstić information content (AvgIpc) is 2.82. The van der Waals surface area contributed by atoms with Gasteiger partial charge in [0.1, 0.15) is 0 Å². The van der Waals surface area contributed by atoms with Crippen LogP contribution < -0.4 is 4.90 Å². The van der Waals surface area contributed by atoms with E-state index in [2.05, 4.69) is 116 Å². The maximum absolute atomic E-state index is 4.73. The van der Waals surface area contributed by atoms with Gasteiger partial charge in [0.15, 0.2) is 0 Å². The van der Waals surface area contributed by atoms with E-state index in [1.807, 2.05) is 12.3 Å². The number of hydrogen-bond donors (Lipinski definition) is 0. The van der Waals surface area contributed by atoms with Crippen LogP contribution in [0.5, 0.6) is 0 Å². The molecule has 0 amide bonds. The summed E-state index contributed by atoms with van der Waals surface area (Å²) >= 11 is 0. The van der Waals surface area contributed by atoms with Gasteiger partial charge >= 0.3 is 0 Å². The molecule has 0 aliphatic carbocycles. The number of nitrogens with zero attached hydrogens (tertiary/aromatic N) is 2. The van der Waals surface area contributed by atoms with Gasteiger partial charge in [-0.05, 0) is 61.7 Å². The molecule has 150 valence electrons. The van der Waals surface area contributed by atoms with Gasteiger partial charge in [-0.25, -0.2) is 0 Å². The van der Waals surface area contributed by atoms with Crippen molar-refractivity contribution in [3.05, 3.63) is 120 Å². The van der Waals surface area contributed by atoms with Crippen molar-refractivity contribution in [2.45, 2.75) is 13.8 Å². The van der Waals surface area contributed by atoms with Crippen LogP contribution in [0, 0.1) is 13.8 Å². The van der Waals surface area contributed by atoms with Crippen LogP contribution in [0.4, 0.5) is 17.1 Å². The van der Waals surface area contributed by atoms with Crippen molar-refractivity contribution in [2.75, 3.05) is 4.90 Å². The molecule has 0 bridgehead atoms. The van der Waals surface area contributed by atoms with Crippen molar-refractivity contribution < 1.29 is 0 Å². The Bertz CT molecular complexity index is 1290. The van der Waals surface area contributed by atoms with Gasteiger partial charge in [0.2, 0.25) is 0 Å². The van der Waals surface area contributed by atoms with E-state index in [9.17, 15) is 0 Å². The summed E-state index contributed by atoms with van der Waals surface area (Å²) in [7, 11) is 0. The van der Waals surface area contributed by atoms with E-state index >= 15 is 0 Å². The molecule has 2 heteroatoms. The van der Waals surface area contributed by atoms with Crippen LogP contribution in [0.3, 0.4) is 0 Å². The lowest BCUT2D eigenvalue weighted by Crippen LogP contribution is -2.10. The lowest BCUT2D eigenvalue weighted by molar-refractivity contribution is 1.26. The van der Waals surface area contributed by atoms with Gasteiger partial charge in [0.25, 0.3) is 0 Å². The summed E-state index contributed by atoms with van der Waals surface area (Å²) in [6.45, 7) is 4.23. The third kappa shape index (κ3) is 3.93. The van der Waals surface area contributed by atoms with Crippen molar-refractivity contribution in [3.8, 4) is 11.3 Å². The Morgan fingerprint density at radius 2 is 1.16 bits per heavy atom. The lowest BCUT2D eigenvalue weighted by Gasteiger charge is -2.26. The van der Waals surface area contributed by atoms with Gasteiger partial charge in [-0.3, -0.25) is 4.98 Å². The molecule has 0 atom stereocenters. The van der Waals surface area contributed by atoms with E-state index in [1.54, 1.807) is 0 Å². The molecule has 0 fully saturated rings. The summed E-state index contributed by atoms with van der Waals surface area (Å²) in [5, 5.41) is 2.36. The predicted molar refractivity (Wildman–Crippen MR) is 131 cm³/mol. The zero-order valence-corrected chi connectivity index (χ0v) is 17.8. The molecule has 1 heterocycles. The lowest BCUT2D eigenvalue weighted by atomic mass is 10.1. The maximum atomic E-state index is 4.73. The van der Waals surface area contributed by atoms with Crippen LogP contribution in [0.25, 0.3) is 22.0 Å². The number of aromatic nitrogens is 1. The van der Waals surface area contributed by atoms with E-state index < -0.39 is 0 Å². The number of fused-ring (bicyclic) bond motifs is 1. The number of rotatable bonds is 4. The van der Waals surface area contributed by atoms with E-state index in [0.717, 1.165) is 33.7 Å². The minimum Gasteiger partial charge on any atom is -0.310 e. The maximum Gasteiger partial charge on any atom is 0.0709 e. The van der Waals surface area contributed by atoms with Crippen LogP contribution in [-0.2, 0) is 0 Å². The minimum atomic E-state index is 0.980. The molecule has 0 unspecified atom stereocenters. The van der Waals surface area contributed by atoms with Gasteiger partial charge in [-0.15, -0.1) is 0 Å². The normalized spacial score (nSPS) is 10.9. The first-order valence-electron chi connectivity index (χ1n) is 10.6. The molecule has 1 aromatic heterocycles. The first-order valence-corrected chi connectivity index (χ1v) is 10.6. The number of pyridine rings is 1. The van der Waals surface area contributed by atoms with Crippen molar-refractivity contribution in [1.29, 1.82) is 0 Å². The summed E-state index contributed by atoms with van der Waals surface area (Å²) in [5.74, 6) is 0. The second-order valence-corrected chi connectivity index (χ2v) is 7.97. The number of hydrogen-bond acceptors (Lipinski definition) is 2. The monoisotopic (exact) mass is 400 g/mol. The third-order valence-corrected chi connectivity index (χ3v) is 5.62. The molecular weight excluding hydrogens is 376 g/mol. The summed E-state index contributed by atoms with van der Waals surface area (Å²) in [4.78, 5) is 7.02. The minimum absolute atomic E-state index is 0.980. The fourth-order valence-electron chi connectivity index (χ4n) is 3.88. The van der Waals surface area contributed by atoms with Crippen molar-refractivity contribution in [2.24, 2.45) is 0 Å². The second kappa shape index (κ2) is 8.08. The van der Waals surface area contributed by atoms with Crippen molar-refractivity contribution in [1.82, 2.24) is 4.98 Å². The van der Waals surface area contributed by atoms with Crippen LogP contribution in [0.1, 0.15) is 11.1 Å². The molecule has 0 saturated carbocycles. The Balaban J connectivity index is 1.62. The first kappa shape index (κ1) is 19.1. The summed E-state index contributed by atoms with van der Waals surface area (Å²) in [5.41, 5.74) is 7.97. The Labute approximate surface area is 183 Å². The van der Waals surface area contributed by atoms with Gasteiger partial charge in [0, 0.05) is 34.2 Å². The van der Waals surface area contributed by atoms with E-state index in [4.69, 9.17) is 4.98 Å². The van der Waals surface area contributed by atoms with E-state index in [0.29, 0.717) is 0 Å². The molecular formula is C29H24N2. The Hall–Kier alpha value is -3.91. The highest BCUT2D eigenvalue weighted by Gasteiger charge is 2.13. The standard InChI is InChI=1S/C29H24N2/c1-21-10-14-26(15-11-21)31(27-16-12-22(2)13-17-27)28-9-5-8-24(18-28)29-19-23-6-3-4-7-25(23)20-30-29/h3-20H,1-2H3. The zero-order valence-electron chi connectivity index (χ0n) is 17.8. The smallest absolute Gasteiger partial charge is 0.0709 e. The summed E-state index contributed by atoms with van der Waals surface area (Å²) in [6, 6.07) is 36.5. The molecule has 2 nitrogen and oxygen atoms in total. The number of benzene rings is 4. The number of anilines is 3. The van der Waals surface area contributed by atoms with Crippen molar-refractivity contribution >= 4 is 27.8 Å². The Morgan fingerprint density at radius 3 is 1.81 bits per heavy atom. The predicted octanol–water partition coefficient (Wildman–Crippen LogP) is 7.99. The summed E-state index contributed by atoms with van der Waals surface area (Å²) < 4.78 is 0. The molecule has 0 radical (unpaired) electrons. The van der Waals surface area contributed by atoms with Crippen LogP contribution in [0.2, 0.25) is 0 Å². The zero-order chi connectivity index (χ0) is 21.2. The Morgan fingerprint density at radius 1 is 0.548 bits per heavy atom. The van der Waals surface area contributed by atoms with E-state index in [1.165, 1.54) is 16.5 Å². The Kier molecular flexibility index (Phi) is 4.97. The van der Waals surface area contributed by atoms with Gasteiger partial charge < -0.3 is 4.90 Å². The van der Waals surface area contributed by atoms with Gasteiger partial charge in [-0.2, -0.15) is 0 Å². The van der Waals surface area contributed by atoms with Gasteiger partial charge in [-0.1, -0.05) is 71.8 Å². The number of aryl methyl sites for hydroxylation is 2. The first-order chi connectivity index (χ1) is 15.2. The van der Waals surface area contributed by atoms with Crippen LogP contribution in [0.15, 0.2) is 109 Å². The molecule has 31 heavy (non-hydrogen) atoms.